The van der Waals surface area contributed by atoms with Crippen LogP contribution >= 0.6 is 0 Å². The second kappa shape index (κ2) is 4.64. The van der Waals surface area contributed by atoms with Crippen molar-refractivity contribution in [2.24, 2.45) is 5.92 Å². The van der Waals surface area contributed by atoms with Crippen LogP contribution in [0.15, 0.2) is 0 Å². The fourth-order valence-electron chi connectivity index (χ4n) is 2.81. The minimum atomic E-state index is -0.831. The van der Waals surface area contributed by atoms with E-state index in [1.807, 2.05) is 6.92 Å². The number of carbonyl (C=O) groups is 2. The van der Waals surface area contributed by atoms with Crippen LogP contribution in [-0.4, -0.2) is 35.1 Å². The van der Waals surface area contributed by atoms with E-state index in [1.54, 1.807) is 0 Å². The standard InChI is InChI=1S/C12H20N2O3/c1-8-9(3-6-13-8)11(17)14-12(4-2-5-12)7-10(15)16/h8-9,13H,2-7H2,1H3,(H,14,17)(H,15,16). The average molecular weight is 240 g/mol. The number of aliphatic carboxylic acids is 1. The second-order valence-corrected chi connectivity index (χ2v) is 5.33. The molecule has 1 aliphatic heterocycles. The highest BCUT2D eigenvalue weighted by Crippen LogP contribution is 2.35. The van der Waals surface area contributed by atoms with Crippen molar-refractivity contribution in [1.82, 2.24) is 10.6 Å². The van der Waals surface area contributed by atoms with Gasteiger partial charge >= 0.3 is 5.97 Å². The van der Waals surface area contributed by atoms with Gasteiger partial charge in [-0.1, -0.05) is 0 Å². The highest BCUT2D eigenvalue weighted by atomic mass is 16.4. The number of hydrogen-bond donors (Lipinski definition) is 3. The zero-order chi connectivity index (χ0) is 12.5. The maximum Gasteiger partial charge on any atom is 0.305 e. The minimum Gasteiger partial charge on any atom is -0.481 e. The summed E-state index contributed by atoms with van der Waals surface area (Å²) in [6, 6.07) is 0.192. The molecule has 0 radical (unpaired) electrons. The smallest absolute Gasteiger partial charge is 0.305 e. The number of nitrogens with one attached hydrogen (secondary N) is 2. The van der Waals surface area contributed by atoms with E-state index in [4.69, 9.17) is 5.11 Å². The lowest BCUT2D eigenvalue weighted by Crippen LogP contribution is -2.56. The molecule has 0 spiro atoms. The Hall–Kier alpha value is -1.10. The molecule has 1 aliphatic carbocycles. The van der Waals surface area contributed by atoms with Crippen LogP contribution in [0.2, 0.25) is 0 Å². The van der Waals surface area contributed by atoms with Crippen molar-refractivity contribution in [3.8, 4) is 0 Å². The number of amides is 1. The van der Waals surface area contributed by atoms with Crippen LogP contribution < -0.4 is 10.6 Å². The van der Waals surface area contributed by atoms with Gasteiger partial charge in [0.1, 0.15) is 0 Å². The van der Waals surface area contributed by atoms with Gasteiger partial charge < -0.3 is 15.7 Å². The molecule has 0 aromatic carbocycles. The van der Waals surface area contributed by atoms with Gasteiger partial charge in [-0.25, -0.2) is 0 Å². The number of carboxylic acid groups (broad SMARTS) is 1. The summed E-state index contributed by atoms with van der Waals surface area (Å²) in [6.45, 7) is 2.87. The van der Waals surface area contributed by atoms with Gasteiger partial charge in [0.05, 0.1) is 17.9 Å². The number of rotatable bonds is 4. The molecule has 0 aromatic heterocycles. The van der Waals surface area contributed by atoms with Crippen molar-refractivity contribution in [3.63, 3.8) is 0 Å². The SMILES string of the molecule is CC1NCCC1C(=O)NC1(CC(=O)O)CCC1. The Balaban J connectivity index is 1.94. The molecule has 1 heterocycles. The first-order chi connectivity index (χ1) is 8.02. The van der Waals surface area contributed by atoms with Crippen LogP contribution in [0.25, 0.3) is 0 Å². The van der Waals surface area contributed by atoms with E-state index in [0.29, 0.717) is 0 Å². The Morgan fingerprint density at radius 3 is 2.59 bits per heavy atom. The summed E-state index contributed by atoms with van der Waals surface area (Å²) in [5.41, 5.74) is -0.467. The Morgan fingerprint density at radius 1 is 1.47 bits per heavy atom. The third kappa shape index (κ3) is 2.60. The van der Waals surface area contributed by atoms with Crippen molar-refractivity contribution in [2.75, 3.05) is 6.54 Å². The van der Waals surface area contributed by atoms with Gasteiger partial charge in [0, 0.05) is 6.04 Å². The van der Waals surface area contributed by atoms with Gasteiger partial charge in [0.25, 0.3) is 0 Å². The molecular weight excluding hydrogens is 220 g/mol. The Morgan fingerprint density at radius 2 is 2.18 bits per heavy atom. The highest BCUT2D eigenvalue weighted by molar-refractivity contribution is 5.81. The molecule has 1 saturated carbocycles. The van der Waals surface area contributed by atoms with Crippen molar-refractivity contribution < 1.29 is 14.7 Å². The summed E-state index contributed by atoms with van der Waals surface area (Å²) in [7, 11) is 0. The predicted molar refractivity (Wildman–Crippen MR) is 62.5 cm³/mol. The summed E-state index contributed by atoms with van der Waals surface area (Å²) in [5, 5.41) is 15.1. The zero-order valence-corrected chi connectivity index (χ0v) is 10.2. The normalized spacial score (nSPS) is 30.6. The lowest BCUT2D eigenvalue weighted by Gasteiger charge is -2.42. The van der Waals surface area contributed by atoms with Gasteiger partial charge in [-0.2, -0.15) is 0 Å². The third-order valence-corrected chi connectivity index (χ3v) is 4.05. The Labute approximate surface area is 101 Å². The van der Waals surface area contributed by atoms with E-state index in [1.165, 1.54) is 0 Å². The van der Waals surface area contributed by atoms with Gasteiger partial charge in [-0.3, -0.25) is 9.59 Å². The monoisotopic (exact) mass is 240 g/mol. The van der Waals surface area contributed by atoms with Crippen LogP contribution in [0.1, 0.15) is 39.0 Å². The van der Waals surface area contributed by atoms with E-state index in [-0.39, 0.29) is 24.3 Å². The molecule has 96 valence electrons. The fraction of sp³-hybridized carbons (Fsp3) is 0.833. The van der Waals surface area contributed by atoms with Crippen LogP contribution in [0, 0.1) is 5.92 Å². The van der Waals surface area contributed by atoms with Gasteiger partial charge in [-0.15, -0.1) is 0 Å². The first-order valence-corrected chi connectivity index (χ1v) is 6.30. The number of carbonyl (C=O) groups excluding carboxylic acids is 1. The van der Waals surface area contributed by atoms with Crippen LogP contribution in [0.5, 0.6) is 0 Å². The van der Waals surface area contributed by atoms with Crippen molar-refractivity contribution in [2.45, 2.75) is 50.6 Å². The van der Waals surface area contributed by atoms with Crippen LogP contribution in [0.4, 0.5) is 0 Å². The number of carboxylic acids is 1. The van der Waals surface area contributed by atoms with E-state index < -0.39 is 11.5 Å². The molecule has 5 heteroatoms. The largest absolute Gasteiger partial charge is 0.481 e. The summed E-state index contributed by atoms with van der Waals surface area (Å²) >= 11 is 0. The molecule has 2 fully saturated rings. The maximum absolute atomic E-state index is 12.1. The molecule has 2 atom stereocenters. The van der Waals surface area contributed by atoms with Crippen LogP contribution in [0.3, 0.4) is 0 Å². The average Bonchev–Trinajstić information content (AvgIpc) is 2.60. The molecule has 1 amide bonds. The molecule has 2 rings (SSSR count). The van der Waals surface area contributed by atoms with Gasteiger partial charge in [0.2, 0.25) is 5.91 Å². The molecule has 0 aromatic rings. The lowest BCUT2D eigenvalue weighted by molar-refractivity contribution is -0.140. The van der Waals surface area contributed by atoms with E-state index in [2.05, 4.69) is 10.6 Å². The summed E-state index contributed by atoms with van der Waals surface area (Å²) in [6.07, 6.45) is 3.48. The fourth-order valence-corrected chi connectivity index (χ4v) is 2.81. The molecule has 0 bridgehead atoms. The van der Waals surface area contributed by atoms with Gasteiger partial charge in [0.15, 0.2) is 0 Å². The molecule has 2 aliphatic rings. The Bertz CT molecular complexity index is 326. The predicted octanol–water partition coefficient (Wildman–Crippen LogP) is 0.498. The molecule has 1 saturated heterocycles. The summed E-state index contributed by atoms with van der Waals surface area (Å²) in [4.78, 5) is 22.9. The van der Waals surface area contributed by atoms with E-state index in [0.717, 1.165) is 32.2 Å². The maximum atomic E-state index is 12.1. The lowest BCUT2D eigenvalue weighted by atomic mass is 9.74. The van der Waals surface area contributed by atoms with Crippen molar-refractivity contribution in [1.29, 1.82) is 0 Å². The highest BCUT2D eigenvalue weighted by Gasteiger charge is 2.42. The molecule has 2 unspecified atom stereocenters. The number of hydrogen-bond acceptors (Lipinski definition) is 3. The first-order valence-electron chi connectivity index (χ1n) is 6.30. The second-order valence-electron chi connectivity index (χ2n) is 5.33. The minimum absolute atomic E-state index is 0.0127. The van der Waals surface area contributed by atoms with Crippen molar-refractivity contribution >= 4 is 11.9 Å². The molecule has 3 N–H and O–H groups in total. The molecule has 17 heavy (non-hydrogen) atoms. The third-order valence-electron chi connectivity index (χ3n) is 4.05. The van der Waals surface area contributed by atoms with E-state index >= 15 is 0 Å². The summed E-state index contributed by atoms with van der Waals surface area (Å²) < 4.78 is 0. The molecular formula is C12H20N2O3. The van der Waals surface area contributed by atoms with Crippen molar-refractivity contribution in [3.05, 3.63) is 0 Å². The first kappa shape index (κ1) is 12.4. The van der Waals surface area contributed by atoms with Crippen LogP contribution in [-0.2, 0) is 9.59 Å². The summed E-state index contributed by atoms with van der Waals surface area (Å²) in [5.74, 6) is -0.827. The van der Waals surface area contributed by atoms with Gasteiger partial charge in [-0.05, 0) is 39.2 Å². The Kier molecular flexibility index (Phi) is 3.38. The quantitative estimate of drug-likeness (QED) is 0.668. The van der Waals surface area contributed by atoms with E-state index in [9.17, 15) is 9.59 Å². The zero-order valence-electron chi connectivity index (χ0n) is 10.2. The molecule has 5 nitrogen and oxygen atoms in total. The topological polar surface area (TPSA) is 78.4 Å².